The number of halogens is 1. The minimum Gasteiger partial charge on any atom is -0.484 e. The largest absolute Gasteiger partial charge is 0.484 e. The summed E-state index contributed by atoms with van der Waals surface area (Å²) in [5, 5.41) is 0. The maximum atomic E-state index is 15.6. The summed E-state index contributed by atoms with van der Waals surface area (Å²) in [5.41, 5.74) is -0.184. The van der Waals surface area contributed by atoms with E-state index in [9.17, 15) is 0 Å². The number of hydrogen-bond acceptors (Lipinski definition) is 1. The SMILES string of the molecule is CCC1(Oc2ccc([S+](c3ccccc3)c3ccccc3)cc2F)C2CC3CC(C2)CC1C3. The highest BCUT2D eigenvalue weighted by atomic mass is 32.2. The molecule has 3 heteroatoms. The second kappa shape index (κ2) is 8.51. The summed E-state index contributed by atoms with van der Waals surface area (Å²) in [7, 11) is -0.351. The van der Waals surface area contributed by atoms with Crippen LogP contribution in [0.5, 0.6) is 5.75 Å². The third-order valence-corrected chi connectivity index (χ3v) is 10.7. The molecule has 0 saturated heterocycles. The Labute approximate surface area is 199 Å². The molecule has 0 radical (unpaired) electrons. The van der Waals surface area contributed by atoms with Crippen molar-refractivity contribution in [3.63, 3.8) is 0 Å². The van der Waals surface area contributed by atoms with Gasteiger partial charge < -0.3 is 4.74 Å². The molecule has 4 fully saturated rings. The molecule has 4 aliphatic carbocycles. The summed E-state index contributed by atoms with van der Waals surface area (Å²) >= 11 is 0. The second-order valence-corrected chi connectivity index (χ2v) is 12.3. The van der Waals surface area contributed by atoms with Gasteiger partial charge in [-0.2, -0.15) is 0 Å². The zero-order valence-corrected chi connectivity index (χ0v) is 20.1. The second-order valence-electron chi connectivity index (χ2n) is 10.2. The molecule has 33 heavy (non-hydrogen) atoms. The van der Waals surface area contributed by atoms with E-state index in [1.54, 1.807) is 6.07 Å². The molecular weight excluding hydrogens is 427 g/mol. The number of ether oxygens (including phenoxy) is 1. The molecule has 3 aromatic rings. The van der Waals surface area contributed by atoms with E-state index in [4.69, 9.17) is 4.74 Å². The van der Waals surface area contributed by atoms with Crippen molar-refractivity contribution in [3.8, 4) is 5.75 Å². The summed E-state index contributed by atoms with van der Waals surface area (Å²) in [6.07, 6.45) is 7.47. The highest BCUT2D eigenvalue weighted by molar-refractivity contribution is 7.97. The maximum absolute atomic E-state index is 15.6. The van der Waals surface area contributed by atoms with Crippen molar-refractivity contribution in [2.45, 2.75) is 65.7 Å². The first-order valence-corrected chi connectivity index (χ1v) is 13.7. The van der Waals surface area contributed by atoms with E-state index in [1.165, 1.54) is 41.9 Å². The number of benzene rings is 3. The van der Waals surface area contributed by atoms with Gasteiger partial charge in [-0.15, -0.1) is 0 Å². The fourth-order valence-electron chi connectivity index (χ4n) is 7.22. The monoisotopic (exact) mass is 459 g/mol. The molecule has 0 aliphatic heterocycles. The van der Waals surface area contributed by atoms with Crippen molar-refractivity contribution in [3.05, 3.63) is 84.7 Å². The van der Waals surface area contributed by atoms with Gasteiger partial charge in [0.2, 0.25) is 0 Å². The topological polar surface area (TPSA) is 9.23 Å². The van der Waals surface area contributed by atoms with Crippen LogP contribution in [0, 0.1) is 29.5 Å². The van der Waals surface area contributed by atoms with Crippen molar-refractivity contribution in [1.29, 1.82) is 0 Å². The normalized spacial score (nSPS) is 30.0. The third-order valence-electron chi connectivity index (χ3n) is 8.47. The lowest BCUT2D eigenvalue weighted by Crippen LogP contribution is -2.60. The van der Waals surface area contributed by atoms with E-state index in [2.05, 4.69) is 61.5 Å². The predicted octanol–water partition coefficient (Wildman–Crippen LogP) is 7.90. The van der Waals surface area contributed by atoms with Crippen molar-refractivity contribution in [1.82, 2.24) is 0 Å². The molecule has 4 saturated carbocycles. The zero-order valence-electron chi connectivity index (χ0n) is 19.3. The van der Waals surface area contributed by atoms with Crippen LogP contribution < -0.4 is 4.74 Å². The van der Waals surface area contributed by atoms with Gasteiger partial charge in [-0.25, -0.2) is 4.39 Å². The van der Waals surface area contributed by atoms with Gasteiger partial charge in [0.25, 0.3) is 0 Å². The molecule has 4 bridgehead atoms. The smallest absolute Gasteiger partial charge is 0.170 e. The third kappa shape index (κ3) is 3.69. The van der Waals surface area contributed by atoms with Crippen molar-refractivity contribution < 1.29 is 9.13 Å². The summed E-state index contributed by atoms with van der Waals surface area (Å²) in [6, 6.07) is 26.6. The first kappa shape index (κ1) is 21.3. The van der Waals surface area contributed by atoms with Crippen LogP contribution in [-0.4, -0.2) is 5.60 Å². The molecular formula is C30H32FOS+. The average molecular weight is 460 g/mol. The first-order chi connectivity index (χ1) is 16.2. The number of hydrogen-bond donors (Lipinski definition) is 0. The lowest BCUT2D eigenvalue weighted by molar-refractivity contribution is -0.159. The van der Waals surface area contributed by atoms with Gasteiger partial charge in [0.05, 0.1) is 10.9 Å². The van der Waals surface area contributed by atoms with E-state index in [0.29, 0.717) is 17.6 Å². The maximum Gasteiger partial charge on any atom is 0.170 e. The van der Waals surface area contributed by atoms with Gasteiger partial charge in [-0.1, -0.05) is 43.3 Å². The van der Waals surface area contributed by atoms with Crippen LogP contribution in [0.4, 0.5) is 4.39 Å². The molecule has 7 rings (SSSR count). The average Bonchev–Trinajstić information content (AvgIpc) is 2.84. The summed E-state index contributed by atoms with van der Waals surface area (Å²) in [4.78, 5) is 3.39. The molecule has 0 unspecified atom stereocenters. The van der Waals surface area contributed by atoms with Gasteiger partial charge in [-0.3, -0.25) is 0 Å². The fraction of sp³-hybridized carbons (Fsp3) is 0.400. The molecule has 4 aliphatic rings. The van der Waals surface area contributed by atoms with Crippen LogP contribution in [-0.2, 0) is 10.9 Å². The van der Waals surface area contributed by atoms with Crippen LogP contribution in [0.25, 0.3) is 0 Å². The van der Waals surface area contributed by atoms with Crippen LogP contribution in [0.2, 0.25) is 0 Å². The van der Waals surface area contributed by atoms with Gasteiger partial charge >= 0.3 is 0 Å². The van der Waals surface area contributed by atoms with E-state index in [-0.39, 0.29) is 22.3 Å². The Bertz CT molecular complexity index is 1050. The highest BCUT2D eigenvalue weighted by Gasteiger charge is 2.58. The lowest BCUT2D eigenvalue weighted by Gasteiger charge is -2.60. The van der Waals surface area contributed by atoms with Crippen LogP contribution in [0.1, 0.15) is 45.4 Å². The molecule has 0 aromatic heterocycles. The molecule has 3 aromatic carbocycles. The van der Waals surface area contributed by atoms with Crippen molar-refractivity contribution in [2.24, 2.45) is 23.7 Å². The van der Waals surface area contributed by atoms with E-state index < -0.39 is 0 Å². The molecule has 0 N–H and O–H groups in total. The summed E-state index contributed by atoms with van der Waals surface area (Å²) in [6.45, 7) is 2.25. The molecule has 1 nitrogen and oxygen atoms in total. The van der Waals surface area contributed by atoms with Crippen molar-refractivity contribution in [2.75, 3.05) is 0 Å². The van der Waals surface area contributed by atoms with Gasteiger partial charge in [-0.05, 0) is 98.6 Å². The standard InChI is InChI=1S/C30H32FOS/c1-2-30(23-16-21-15-22(18-23)19-24(30)17-21)32-29-14-13-27(20-28(29)31)33(25-9-5-3-6-10-25)26-11-7-4-8-12-26/h3-14,20-24H,2,15-19H2,1H3/q+1. The van der Waals surface area contributed by atoms with Crippen molar-refractivity contribution >= 4 is 10.9 Å². The van der Waals surface area contributed by atoms with Crippen LogP contribution in [0.3, 0.4) is 0 Å². The minimum atomic E-state index is -0.351. The summed E-state index contributed by atoms with van der Waals surface area (Å²) < 4.78 is 22.4. The molecule has 0 spiro atoms. The fourth-order valence-corrected chi connectivity index (χ4v) is 9.32. The van der Waals surface area contributed by atoms with Crippen LogP contribution in [0.15, 0.2) is 93.5 Å². The Balaban J connectivity index is 1.34. The lowest BCUT2D eigenvalue weighted by atomic mass is 9.49. The Morgan fingerprint density at radius 3 is 1.79 bits per heavy atom. The quantitative estimate of drug-likeness (QED) is 0.340. The Kier molecular flexibility index (Phi) is 5.49. The minimum absolute atomic E-state index is 0.184. The first-order valence-electron chi connectivity index (χ1n) is 12.5. The zero-order chi connectivity index (χ0) is 22.4. The van der Waals surface area contributed by atoms with E-state index >= 15 is 4.39 Å². The van der Waals surface area contributed by atoms with E-state index in [0.717, 1.165) is 23.2 Å². The van der Waals surface area contributed by atoms with E-state index in [1.807, 2.05) is 18.2 Å². The van der Waals surface area contributed by atoms with Gasteiger partial charge in [0.1, 0.15) is 5.60 Å². The van der Waals surface area contributed by atoms with Crippen LogP contribution >= 0.6 is 0 Å². The highest BCUT2D eigenvalue weighted by Crippen LogP contribution is 2.60. The van der Waals surface area contributed by atoms with Gasteiger partial charge in [0, 0.05) is 6.07 Å². The Hall–Kier alpha value is -2.26. The predicted molar refractivity (Wildman–Crippen MR) is 132 cm³/mol. The molecule has 0 heterocycles. The molecule has 170 valence electrons. The molecule has 0 amide bonds. The van der Waals surface area contributed by atoms with Gasteiger partial charge in [0.15, 0.2) is 26.3 Å². The number of rotatable bonds is 6. The summed E-state index contributed by atoms with van der Waals surface area (Å²) in [5.74, 6) is 3.14. The Morgan fingerprint density at radius 2 is 1.30 bits per heavy atom. The molecule has 0 atom stereocenters. The Morgan fingerprint density at radius 1 is 0.758 bits per heavy atom.